The molecule has 0 aliphatic heterocycles. The van der Waals surface area contributed by atoms with Crippen molar-refractivity contribution in [2.75, 3.05) is 0 Å². The van der Waals surface area contributed by atoms with Crippen LogP contribution >= 0.6 is 0 Å². The van der Waals surface area contributed by atoms with Crippen LogP contribution in [0.15, 0.2) is 58.1 Å². The average molecular weight is 239 g/mol. The molecule has 0 amide bonds. The van der Waals surface area contributed by atoms with Gasteiger partial charge in [-0.2, -0.15) is 0 Å². The summed E-state index contributed by atoms with van der Waals surface area (Å²) in [6.45, 7) is 0. The molecule has 3 rings (SSSR count). The van der Waals surface area contributed by atoms with E-state index in [9.17, 15) is 9.90 Å². The van der Waals surface area contributed by atoms with Crippen LogP contribution in [0.4, 0.5) is 0 Å². The number of aromatic nitrogens is 1. The highest BCUT2D eigenvalue weighted by Gasteiger charge is 2.09. The van der Waals surface area contributed by atoms with Gasteiger partial charge in [0.25, 0.3) is 0 Å². The SMILES string of the molecule is O=c1c(-c2ccccn2)coc2cc(O)ccc12. The lowest BCUT2D eigenvalue weighted by Crippen LogP contribution is -2.05. The molecular weight excluding hydrogens is 230 g/mol. The van der Waals surface area contributed by atoms with Crippen LogP contribution in [0.5, 0.6) is 5.75 Å². The molecule has 0 spiro atoms. The third kappa shape index (κ3) is 1.64. The highest BCUT2D eigenvalue weighted by molar-refractivity contribution is 5.81. The van der Waals surface area contributed by atoms with Crippen LogP contribution in [0.1, 0.15) is 0 Å². The average Bonchev–Trinajstić information content (AvgIpc) is 2.40. The topological polar surface area (TPSA) is 63.3 Å². The summed E-state index contributed by atoms with van der Waals surface area (Å²) in [7, 11) is 0. The van der Waals surface area contributed by atoms with Gasteiger partial charge in [-0.05, 0) is 24.3 Å². The van der Waals surface area contributed by atoms with Crippen LogP contribution in [-0.2, 0) is 0 Å². The Morgan fingerprint density at radius 3 is 2.83 bits per heavy atom. The molecule has 0 fully saturated rings. The first kappa shape index (κ1) is 10.5. The van der Waals surface area contributed by atoms with E-state index in [1.54, 1.807) is 24.4 Å². The fourth-order valence-corrected chi connectivity index (χ4v) is 1.82. The first-order chi connectivity index (χ1) is 8.75. The van der Waals surface area contributed by atoms with Crippen LogP contribution in [0, 0.1) is 0 Å². The number of hydrogen-bond donors (Lipinski definition) is 1. The molecule has 2 heterocycles. The molecule has 0 saturated heterocycles. The lowest BCUT2D eigenvalue weighted by Gasteiger charge is -2.01. The second kappa shape index (κ2) is 4.00. The zero-order valence-corrected chi connectivity index (χ0v) is 9.33. The van der Waals surface area contributed by atoms with Gasteiger partial charge in [-0.15, -0.1) is 0 Å². The van der Waals surface area contributed by atoms with Crippen LogP contribution < -0.4 is 5.43 Å². The van der Waals surface area contributed by atoms with Crippen molar-refractivity contribution in [2.45, 2.75) is 0 Å². The molecule has 0 aliphatic carbocycles. The van der Waals surface area contributed by atoms with Gasteiger partial charge in [0.15, 0.2) is 0 Å². The number of hydrogen-bond acceptors (Lipinski definition) is 4. The molecule has 0 atom stereocenters. The predicted molar refractivity (Wildman–Crippen MR) is 67.4 cm³/mol. The standard InChI is InChI=1S/C14H9NO3/c16-9-4-5-10-13(7-9)18-8-11(14(10)17)12-3-1-2-6-15-12/h1-8,16H. The van der Waals surface area contributed by atoms with Gasteiger partial charge >= 0.3 is 0 Å². The molecular formula is C14H9NO3. The third-order valence-corrected chi connectivity index (χ3v) is 2.70. The summed E-state index contributed by atoms with van der Waals surface area (Å²) in [5.74, 6) is 0.0660. The van der Waals surface area contributed by atoms with E-state index in [1.807, 2.05) is 6.07 Å². The lowest BCUT2D eigenvalue weighted by atomic mass is 10.1. The van der Waals surface area contributed by atoms with Crippen molar-refractivity contribution in [1.82, 2.24) is 4.98 Å². The Kier molecular flexibility index (Phi) is 2.34. The molecule has 0 bridgehead atoms. The molecule has 0 unspecified atom stereocenters. The van der Waals surface area contributed by atoms with Gasteiger partial charge < -0.3 is 9.52 Å². The number of fused-ring (bicyclic) bond motifs is 1. The van der Waals surface area contributed by atoms with Crippen LogP contribution in [0.3, 0.4) is 0 Å². The molecule has 88 valence electrons. The minimum atomic E-state index is -0.157. The summed E-state index contributed by atoms with van der Waals surface area (Å²) in [5, 5.41) is 9.76. The van der Waals surface area contributed by atoms with Crippen LogP contribution in [0.25, 0.3) is 22.2 Å². The zero-order valence-electron chi connectivity index (χ0n) is 9.33. The maximum atomic E-state index is 12.3. The quantitative estimate of drug-likeness (QED) is 0.708. The third-order valence-electron chi connectivity index (χ3n) is 2.70. The number of aromatic hydroxyl groups is 1. The van der Waals surface area contributed by atoms with Gasteiger partial charge in [0.05, 0.1) is 16.6 Å². The number of phenols is 1. The van der Waals surface area contributed by atoms with E-state index in [0.717, 1.165) is 0 Å². The Morgan fingerprint density at radius 2 is 2.06 bits per heavy atom. The van der Waals surface area contributed by atoms with Gasteiger partial charge in [0.2, 0.25) is 5.43 Å². The zero-order chi connectivity index (χ0) is 12.5. The Bertz CT molecular complexity index is 763. The molecule has 0 radical (unpaired) electrons. The Balaban J connectivity index is 2.31. The monoisotopic (exact) mass is 239 g/mol. The van der Waals surface area contributed by atoms with Crippen LogP contribution in [0.2, 0.25) is 0 Å². The molecule has 1 aromatic carbocycles. The van der Waals surface area contributed by atoms with E-state index >= 15 is 0 Å². The van der Waals surface area contributed by atoms with Gasteiger partial charge in [-0.25, -0.2) is 0 Å². The summed E-state index contributed by atoms with van der Waals surface area (Å²) in [6, 6.07) is 9.76. The van der Waals surface area contributed by atoms with Crippen molar-refractivity contribution in [3.05, 3.63) is 59.1 Å². The van der Waals surface area contributed by atoms with E-state index in [4.69, 9.17) is 4.42 Å². The molecule has 2 aromatic heterocycles. The van der Waals surface area contributed by atoms with Crippen molar-refractivity contribution in [3.63, 3.8) is 0 Å². The number of nitrogens with zero attached hydrogens (tertiary/aromatic N) is 1. The first-order valence-electron chi connectivity index (χ1n) is 5.41. The highest BCUT2D eigenvalue weighted by atomic mass is 16.3. The number of pyridine rings is 1. The number of benzene rings is 1. The summed E-state index contributed by atoms with van der Waals surface area (Å²) in [5.41, 5.74) is 1.18. The Labute approximate surface area is 102 Å². The first-order valence-corrected chi connectivity index (χ1v) is 5.41. The van der Waals surface area contributed by atoms with Crippen molar-refractivity contribution in [3.8, 4) is 17.0 Å². The molecule has 0 saturated carbocycles. The fourth-order valence-electron chi connectivity index (χ4n) is 1.82. The van der Waals surface area contributed by atoms with Crippen molar-refractivity contribution in [2.24, 2.45) is 0 Å². The molecule has 4 nitrogen and oxygen atoms in total. The lowest BCUT2D eigenvalue weighted by molar-refractivity contribution is 0.474. The largest absolute Gasteiger partial charge is 0.508 e. The van der Waals surface area contributed by atoms with E-state index < -0.39 is 0 Å². The summed E-state index contributed by atoms with van der Waals surface area (Å²) >= 11 is 0. The Morgan fingerprint density at radius 1 is 1.17 bits per heavy atom. The van der Waals surface area contributed by atoms with E-state index in [2.05, 4.69) is 4.98 Å². The van der Waals surface area contributed by atoms with Crippen LogP contribution in [-0.4, -0.2) is 10.1 Å². The second-order valence-electron chi connectivity index (χ2n) is 3.87. The molecule has 1 N–H and O–H groups in total. The van der Waals surface area contributed by atoms with E-state index in [1.165, 1.54) is 18.4 Å². The van der Waals surface area contributed by atoms with Crippen molar-refractivity contribution >= 4 is 11.0 Å². The second-order valence-corrected chi connectivity index (χ2v) is 3.87. The maximum absolute atomic E-state index is 12.3. The summed E-state index contributed by atoms with van der Waals surface area (Å²) in [6.07, 6.45) is 2.99. The fraction of sp³-hybridized carbons (Fsp3) is 0. The minimum Gasteiger partial charge on any atom is -0.508 e. The normalized spacial score (nSPS) is 10.7. The van der Waals surface area contributed by atoms with Gasteiger partial charge in [0.1, 0.15) is 17.6 Å². The molecule has 4 heteroatoms. The van der Waals surface area contributed by atoms with Gasteiger partial charge in [-0.3, -0.25) is 9.78 Å². The highest BCUT2D eigenvalue weighted by Crippen LogP contribution is 2.20. The molecule has 18 heavy (non-hydrogen) atoms. The smallest absolute Gasteiger partial charge is 0.202 e. The van der Waals surface area contributed by atoms with E-state index in [0.29, 0.717) is 22.2 Å². The number of phenolic OH excluding ortho intramolecular Hbond substituents is 1. The van der Waals surface area contributed by atoms with Crippen molar-refractivity contribution < 1.29 is 9.52 Å². The molecule has 3 aromatic rings. The molecule has 0 aliphatic rings. The minimum absolute atomic E-state index is 0.0660. The van der Waals surface area contributed by atoms with Gasteiger partial charge in [-0.1, -0.05) is 6.07 Å². The summed E-state index contributed by atoms with van der Waals surface area (Å²) in [4.78, 5) is 16.4. The number of rotatable bonds is 1. The Hall–Kier alpha value is -2.62. The summed E-state index contributed by atoms with van der Waals surface area (Å²) < 4.78 is 5.36. The maximum Gasteiger partial charge on any atom is 0.202 e. The van der Waals surface area contributed by atoms with Crippen molar-refractivity contribution in [1.29, 1.82) is 0 Å². The van der Waals surface area contributed by atoms with Gasteiger partial charge in [0, 0.05) is 12.3 Å². The van der Waals surface area contributed by atoms with E-state index in [-0.39, 0.29) is 11.2 Å². The predicted octanol–water partition coefficient (Wildman–Crippen LogP) is 2.56.